The quantitative estimate of drug-likeness (QED) is 0.182. The van der Waals surface area contributed by atoms with Gasteiger partial charge in [-0.2, -0.15) is 5.10 Å². The Hall–Kier alpha value is -5.16. The fourth-order valence-corrected chi connectivity index (χ4v) is 6.78. The molecule has 0 bridgehead atoms. The average Bonchev–Trinajstić information content (AvgIpc) is 3.53. The molecule has 5 heteroatoms. The van der Waals surface area contributed by atoms with E-state index in [4.69, 9.17) is 14.8 Å². The predicted molar refractivity (Wildman–Crippen MR) is 190 cm³/mol. The Labute approximate surface area is 271 Å². The van der Waals surface area contributed by atoms with E-state index in [0.29, 0.717) is 5.92 Å². The Bertz CT molecular complexity index is 2230. The molecule has 0 saturated heterocycles. The van der Waals surface area contributed by atoms with E-state index in [1.807, 2.05) is 6.20 Å². The highest BCUT2D eigenvalue weighted by Crippen LogP contribution is 2.38. The number of aryl methyl sites for hydroxylation is 4. The summed E-state index contributed by atoms with van der Waals surface area (Å²) in [5, 5.41) is 7.43. The summed E-state index contributed by atoms with van der Waals surface area (Å²) in [5.74, 6) is 2.80. The minimum atomic E-state index is 0.319. The van der Waals surface area contributed by atoms with Crippen molar-refractivity contribution >= 4 is 21.8 Å². The average molecular weight is 605 g/mol. The maximum Gasteiger partial charge on any atom is 0.137 e. The second kappa shape index (κ2) is 11.6. The van der Waals surface area contributed by atoms with Crippen LogP contribution in [0.1, 0.15) is 60.3 Å². The molecular formula is C41H40N4O. The van der Waals surface area contributed by atoms with Gasteiger partial charge in [0.05, 0.1) is 22.4 Å². The number of para-hydroxylation sites is 1. The van der Waals surface area contributed by atoms with Crippen molar-refractivity contribution in [2.75, 3.05) is 0 Å². The highest BCUT2D eigenvalue weighted by molar-refractivity contribution is 6.09. The monoisotopic (exact) mass is 604 g/mol. The standard InChI is InChI=1S/C41H40N4O/c1-8-30-18-19-42-39(20-30)44-37-15-10-9-14-35(37)36-17-16-33(24-38(36)44)46-34-22-31(25(2)3)21-32(23-34)45-29(7)41(28(6)43-45)40-26(4)12-11-13-27(40)5/h9-25H,8H2,1-7H3. The van der Waals surface area contributed by atoms with Crippen LogP contribution in [0, 0.1) is 27.7 Å². The van der Waals surface area contributed by atoms with Gasteiger partial charge in [0.25, 0.3) is 0 Å². The Morgan fingerprint density at radius 2 is 1.48 bits per heavy atom. The van der Waals surface area contributed by atoms with E-state index >= 15 is 0 Å². The Kier molecular flexibility index (Phi) is 7.48. The third kappa shape index (κ3) is 5.06. The van der Waals surface area contributed by atoms with Gasteiger partial charge < -0.3 is 4.74 Å². The zero-order valence-electron chi connectivity index (χ0n) is 27.7. The number of aromatic nitrogens is 4. The first kappa shape index (κ1) is 29.5. The van der Waals surface area contributed by atoms with Gasteiger partial charge in [0, 0.05) is 40.4 Å². The van der Waals surface area contributed by atoms with Crippen LogP contribution in [0.2, 0.25) is 0 Å². The molecule has 0 fully saturated rings. The SMILES string of the molecule is CCc1ccnc(-n2c3ccccc3c3ccc(Oc4cc(C(C)C)cc(-n5nc(C)c(-c6c(C)cccc6C)c5C)c4)cc32)c1. The van der Waals surface area contributed by atoms with Gasteiger partial charge in [-0.15, -0.1) is 0 Å². The summed E-state index contributed by atoms with van der Waals surface area (Å²) >= 11 is 0. The zero-order chi connectivity index (χ0) is 32.1. The number of hydrogen-bond donors (Lipinski definition) is 0. The number of fused-ring (bicyclic) bond motifs is 3. The van der Waals surface area contributed by atoms with Crippen LogP contribution in [0.15, 0.2) is 97.2 Å². The van der Waals surface area contributed by atoms with Gasteiger partial charge in [0.15, 0.2) is 0 Å². The van der Waals surface area contributed by atoms with Gasteiger partial charge in [0.2, 0.25) is 0 Å². The molecule has 4 aromatic carbocycles. The van der Waals surface area contributed by atoms with E-state index in [2.05, 4.69) is 149 Å². The van der Waals surface area contributed by atoms with Crippen molar-refractivity contribution in [2.24, 2.45) is 0 Å². The van der Waals surface area contributed by atoms with Crippen molar-refractivity contribution in [3.63, 3.8) is 0 Å². The molecular weight excluding hydrogens is 564 g/mol. The van der Waals surface area contributed by atoms with Crippen LogP contribution in [0.5, 0.6) is 11.5 Å². The topological polar surface area (TPSA) is 44.9 Å². The predicted octanol–water partition coefficient (Wildman–Crippen LogP) is 10.7. The van der Waals surface area contributed by atoms with Crippen molar-refractivity contribution in [2.45, 2.75) is 60.8 Å². The van der Waals surface area contributed by atoms with E-state index in [-0.39, 0.29) is 0 Å². The van der Waals surface area contributed by atoms with Crippen molar-refractivity contribution in [1.82, 2.24) is 19.3 Å². The van der Waals surface area contributed by atoms with Crippen LogP contribution < -0.4 is 4.74 Å². The van der Waals surface area contributed by atoms with Gasteiger partial charge >= 0.3 is 0 Å². The number of rotatable bonds is 7. The summed E-state index contributed by atoms with van der Waals surface area (Å²) in [5.41, 5.74) is 12.8. The molecule has 7 aromatic rings. The Morgan fingerprint density at radius 1 is 0.717 bits per heavy atom. The van der Waals surface area contributed by atoms with Crippen molar-refractivity contribution in [1.29, 1.82) is 0 Å². The summed E-state index contributed by atoms with van der Waals surface area (Å²) in [7, 11) is 0. The van der Waals surface area contributed by atoms with Gasteiger partial charge in [-0.05, 0) is 110 Å². The molecule has 3 heterocycles. The number of pyridine rings is 1. The van der Waals surface area contributed by atoms with Crippen molar-refractivity contribution < 1.29 is 4.74 Å². The van der Waals surface area contributed by atoms with Crippen LogP contribution in [0.3, 0.4) is 0 Å². The minimum absolute atomic E-state index is 0.319. The lowest BCUT2D eigenvalue weighted by molar-refractivity contribution is 0.481. The molecule has 3 aromatic heterocycles. The van der Waals surface area contributed by atoms with Crippen LogP contribution >= 0.6 is 0 Å². The largest absolute Gasteiger partial charge is 0.457 e. The normalized spacial score (nSPS) is 11.7. The van der Waals surface area contributed by atoms with Crippen molar-refractivity contribution in [3.05, 3.63) is 131 Å². The van der Waals surface area contributed by atoms with E-state index in [1.165, 1.54) is 44.2 Å². The molecule has 0 aliphatic carbocycles. The number of ether oxygens (including phenoxy) is 1. The lowest BCUT2D eigenvalue weighted by Crippen LogP contribution is -2.02. The summed E-state index contributed by atoms with van der Waals surface area (Å²) < 4.78 is 11.0. The first-order valence-corrected chi connectivity index (χ1v) is 16.2. The van der Waals surface area contributed by atoms with Crippen LogP contribution in [-0.4, -0.2) is 19.3 Å². The third-order valence-corrected chi connectivity index (χ3v) is 9.18. The minimum Gasteiger partial charge on any atom is -0.457 e. The number of hydrogen-bond acceptors (Lipinski definition) is 3. The first-order valence-electron chi connectivity index (χ1n) is 16.2. The zero-order valence-corrected chi connectivity index (χ0v) is 27.7. The van der Waals surface area contributed by atoms with Gasteiger partial charge in [-0.3, -0.25) is 4.57 Å². The Balaban J connectivity index is 1.34. The van der Waals surface area contributed by atoms with Gasteiger partial charge in [0.1, 0.15) is 17.3 Å². The molecule has 0 N–H and O–H groups in total. The van der Waals surface area contributed by atoms with Crippen LogP contribution in [0.25, 0.3) is 44.4 Å². The molecule has 46 heavy (non-hydrogen) atoms. The summed E-state index contributed by atoms with van der Waals surface area (Å²) in [6.07, 6.45) is 2.86. The fourth-order valence-electron chi connectivity index (χ4n) is 6.78. The smallest absolute Gasteiger partial charge is 0.137 e. The van der Waals surface area contributed by atoms with Crippen molar-refractivity contribution in [3.8, 4) is 34.1 Å². The molecule has 0 atom stereocenters. The fraction of sp³-hybridized carbons (Fsp3) is 0.220. The number of benzene rings is 4. The van der Waals surface area contributed by atoms with Crippen LogP contribution in [0.4, 0.5) is 0 Å². The summed E-state index contributed by atoms with van der Waals surface area (Å²) in [6, 6.07) is 32.1. The second-order valence-corrected chi connectivity index (χ2v) is 12.6. The molecule has 0 radical (unpaired) electrons. The molecule has 230 valence electrons. The highest BCUT2D eigenvalue weighted by Gasteiger charge is 2.20. The molecule has 0 aliphatic heterocycles. The third-order valence-electron chi connectivity index (χ3n) is 9.18. The molecule has 5 nitrogen and oxygen atoms in total. The number of nitrogens with zero attached hydrogens (tertiary/aromatic N) is 4. The molecule has 0 unspecified atom stereocenters. The van der Waals surface area contributed by atoms with E-state index in [9.17, 15) is 0 Å². The second-order valence-electron chi connectivity index (χ2n) is 12.6. The van der Waals surface area contributed by atoms with E-state index in [1.54, 1.807) is 0 Å². The molecule has 0 aliphatic rings. The lowest BCUT2D eigenvalue weighted by Gasteiger charge is -2.15. The molecule has 0 amide bonds. The summed E-state index contributed by atoms with van der Waals surface area (Å²) in [6.45, 7) is 15.2. The summed E-state index contributed by atoms with van der Waals surface area (Å²) in [4.78, 5) is 4.78. The van der Waals surface area contributed by atoms with Crippen LogP contribution in [-0.2, 0) is 6.42 Å². The van der Waals surface area contributed by atoms with E-state index < -0.39 is 0 Å². The Morgan fingerprint density at radius 3 is 2.24 bits per heavy atom. The maximum absolute atomic E-state index is 6.70. The first-order chi connectivity index (χ1) is 22.2. The van der Waals surface area contributed by atoms with E-state index in [0.717, 1.165) is 51.8 Å². The lowest BCUT2D eigenvalue weighted by atomic mass is 9.94. The van der Waals surface area contributed by atoms with Gasteiger partial charge in [-0.1, -0.05) is 57.2 Å². The molecule has 0 saturated carbocycles. The maximum atomic E-state index is 6.70. The van der Waals surface area contributed by atoms with Gasteiger partial charge in [-0.25, -0.2) is 9.67 Å². The highest BCUT2D eigenvalue weighted by atomic mass is 16.5. The molecule has 7 rings (SSSR count). The molecule has 0 spiro atoms.